The summed E-state index contributed by atoms with van der Waals surface area (Å²) in [5.41, 5.74) is 1.17. The number of aromatic nitrogens is 2. The van der Waals surface area contributed by atoms with Crippen LogP contribution < -0.4 is 5.32 Å². The minimum absolute atomic E-state index is 0.346. The molecule has 0 spiro atoms. The molecule has 0 aliphatic carbocycles. The molecular weight excluding hydrogens is 242 g/mol. The molecule has 1 aromatic heterocycles. The number of nitrogens with one attached hydrogen (secondary N) is 1. The van der Waals surface area contributed by atoms with Gasteiger partial charge in [0.2, 0.25) is 0 Å². The van der Waals surface area contributed by atoms with E-state index in [-0.39, 0.29) is 0 Å². The standard InChI is InChI=1S/C14H21N3O2/c1-4-16-14(9-12-10-19-8-5-15-12)17-13(1)11-2-6-18-7-3-11/h1,4,11-12,15H,2-3,5-10H2. The second-order valence-electron chi connectivity index (χ2n) is 5.21. The SMILES string of the molecule is c1cc(C2CCOCC2)nc(CC2COCCN2)n1. The van der Waals surface area contributed by atoms with Gasteiger partial charge in [0, 0.05) is 50.0 Å². The zero-order chi connectivity index (χ0) is 12.9. The third-order valence-corrected chi connectivity index (χ3v) is 3.79. The Hall–Kier alpha value is -1.04. The van der Waals surface area contributed by atoms with E-state index in [1.807, 2.05) is 12.3 Å². The maximum absolute atomic E-state index is 5.47. The van der Waals surface area contributed by atoms with Gasteiger partial charge in [0.25, 0.3) is 0 Å². The van der Waals surface area contributed by atoms with Gasteiger partial charge in [-0.05, 0) is 18.9 Å². The molecule has 2 fully saturated rings. The highest BCUT2D eigenvalue weighted by Gasteiger charge is 2.19. The first-order chi connectivity index (χ1) is 9.42. The van der Waals surface area contributed by atoms with E-state index in [0.717, 1.165) is 58.1 Å². The third kappa shape index (κ3) is 3.49. The molecule has 0 saturated carbocycles. The molecule has 1 atom stereocenters. The molecule has 0 radical (unpaired) electrons. The largest absolute Gasteiger partial charge is 0.381 e. The molecule has 19 heavy (non-hydrogen) atoms. The fraction of sp³-hybridized carbons (Fsp3) is 0.714. The van der Waals surface area contributed by atoms with Crippen LogP contribution in [0.25, 0.3) is 0 Å². The van der Waals surface area contributed by atoms with Crippen molar-refractivity contribution in [2.24, 2.45) is 0 Å². The van der Waals surface area contributed by atoms with Gasteiger partial charge in [-0.3, -0.25) is 0 Å². The van der Waals surface area contributed by atoms with Crippen LogP contribution >= 0.6 is 0 Å². The van der Waals surface area contributed by atoms with Crippen molar-refractivity contribution in [1.29, 1.82) is 0 Å². The topological polar surface area (TPSA) is 56.3 Å². The van der Waals surface area contributed by atoms with Gasteiger partial charge in [-0.25, -0.2) is 9.97 Å². The van der Waals surface area contributed by atoms with Crippen LogP contribution in [-0.2, 0) is 15.9 Å². The Morgan fingerprint density at radius 2 is 2.11 bits per heavy atom. The molecule has 2 aliphatic rings. The third-order valence-electron chi connectivity index (χ3n) is 3.79. The van der Waals surface area contributed by atoms with Gasteiger partial charge < -0.3 is 14.8 Å². The number of nitrogens with zero attached hydrogens (tertiary/aromatic N) is 2. The van der Waals surface area contributed by atoms with Crippen molar-refractivity contribution in [2.75, 3.05) is 33.0 Å². The second-order valence-corrected chi connectivity index (χ2v) is 5.21. The van der Waals surface area contributed by atoms with Crippen LogP contribution in [-0.4, -0.2) is 49.0 Å². The lowest BCUT2D eigenvalue weighted by atomic mass is 9.96. The van der Waals surface area contributed by atoms with Crippen molar-refractivity contribution in [2.45, 2.75) is 31.2 Å². The first-order valence-electron chi connectivity index (χ1n) is 7.12. The number of hydrogen-bond acceptors (Lipinski definition) is 5. The van der Waals surface area contributed by atoms with Gasteiger partial charge in [0.1, 0.15) is 5.82 Å². The van der Waals surface area contributed by atoms with Gasteiger partial charge in [-0.2, -0.15) is 0 Å². The average Bonchev–Trinajstić information content (AvgIpc) is 2.49. The molecule has 5 nitrogen and oxygen atoms in total. The predicted octanol–water partition coefficient (Wildman–Crippen LogP) is 0.901. The highest BCUT2D eigenvalue weighted by Crippen LogP contribution is 2.25. The summed E-state index contributed by atoms with van der Waals surface area (Å²) in [4.78, 5) is 9.12. The molecule has 5 heteroatoms. The number of rotatable bonds is 3. The van der Waals surface area contributed by atoms with Gasteiger partial charge in [0.05, 0.1) is 13.2 Å². The quantitative estimate of drug-likeness (QED) is 0.878. The van der Waals surface area contributed by atoms with E-state index < -0.39 is 0 Å². The maximum Gasteiger partial charge on any atom is 0.130 e. The van der Waals surface area contributed by atoms with Crippen molar-refractivity contribution < 1.29 is 9.47 Å². The normalized spacial score (nSPS) is 25.4. The van der Waals surface area contributed by atoms with Crippen LogP contribution in [0.1, 0.15) is 30.3 Å². The van der Waals surface area contributed by atoms with Crippen LogP contribution in [0.15, 0.2) is 12.3 Å². The summed E-state index contributed by atoms with van der Waals surface area (Å²) in [6.07, 6.45) is 4.87. The minimum Gasteiger partial charge on any atom is -0.381 e. The van der Waals surface area contributed by atoms with Gasteiger partial charge >= 0.3 is 0 Å². The minimum atomic E-state index is 0.346. The first kappa shape index (κ1) is 13.0. The Kier molecular flexibility index (Phi) is 4.37. The average molecular weight is 263 g/mol. The molecule has 2 saturated heterocycles. The summed E-state index contributed by atoms with van der Waals surface area (Å²) in [6, 6.07) is 2.39. The van der Waals surface area contributed by atoms with Crippen LogP contribution in [0, 0.1) is 0 Å². The van der Waals surface area contributed by atoms with E-state index in [2.05, 4.69) is 10.3 Å². The Balaban J connectivity index is 1.64. The van der Waals surface area contributed by atoms with Crippen LogP contribution in [0.4, 0.5) is 0 Å². The summed E-state index contributed by atoms with van der Waals surface area (Å²) in [6.45, 7) is 4.18. The first-order valence-corrected chi connectivity index (χ1v) is 7.12. The summed E-state index contributed by atoms with van der Waals surface area (Å²) < 4.78 is 10.9. The van der Waals surface area contributed by atoms with E-state index in [1.54, 1.807) is 0 Å². The van der Waals surface area contributed by atoms with Crippen molar-refractivity contribution >= 4 is 0 Å². The molecule has 1 aromatic rings. The molecule has 3 rings (SSSR count). The molecule has 0 amide bonds. The molecule has 3 heterocycles. The lowest BCUT2D eigenvalue weighted by Gasteiger charge is -2.24. The van der Waals surface area contributed by atoms with Crippen molar-refractivity contribution in [3.63, 3.8) is 0 Å². The second kappa shape index (κ2) is 6.41. The molecule has 0 aromatic carbocycles. The van der Waals surface area contributed by atoms with Crippen LogP contribution in [0.3, 0.4) is 0 Å². The lowest BCUT2D eigenvalue weighted by Crippen LogP contribution is -2.42. The van der Waals surface area contributed by atoms with Crippen molar-refractivity contribution in [1.82, 2.24) is 15.3 Å². The van der Waals surface area contributed by atoms with Crippen molar-refractivity contribution in [3.8, 4) is 0 Å². The smallest absolute Gasteiger partial charge is 0.130 e. The molecular formula is C14H21N3O2. The Morgan fingerprint density at radius 1 is 1.21 bits per heavy atom. The monoisotopic (exact) mass is 263 g/mol. The number of morpholine rings is 1. The summed E-state index contributed by atoms with van der Waals surface area (Å²) in [5.74, 6) is 1.46. The highest BCUT2D eigenvalue weighted by molar-refractivity contribution is 5.10. The lowest BCUT2D eigenvalue weighted by molar-refractivity contribution is 0.0761. The summed E-state index contributed by atoms with van der Waals surface area (Å²) in [5, 5.41) is 3.44. The molecule has 2 aliphatic heterocycles. The molecule has 0 bridgehead atoms. The summed E-state index contributed by atoms with van der Waals surface area (Å²) in [7, 11) is 0. The Bertz CT molecular complexity index is 401. The van der Waals surface area contributed by atoms with Crippen LogP contribution in [0.5, 0.6) is 0 Å². The van der Waals surface area contributed by atoms with Crippen LogP contribution in [0.2, 0.25) is 0 Å². The van der Waals surface area contributed by atoms with E-state index in [0.29, 0.717) is 12.0 Å². The van der Waals surface area contributed by atoms with E-state index in [4.69, 9.17) is 14.5 Å². The van der Waals surface area contributed by atoms with Gasteiger partial charge in [-0.15, -0.1) is 0 Å². The Morgan fingerprint density at radius 3 is 2.89 bits per heavy atom. The Labute approximate surface area is 113 Å². The fourth-order valence-electron chi connectivity index (χ4n) is 2.71. The molecule has 1 unspecified atom stereocenters. The number of hydrogen-bond donors (Lipinski definition) is 1. The maximum atomic E-state index is 5.47. The van der Waals surface area contributed by atoms with Crippen molar-refractivity contribution in [3.05, 3.63) is 23.8 Å². The van der Waals surface area contributed by atoms with E-state index >= 15 is 0 Å². The van der Waals surface area contributed by atoms with E-state index in [1.165, 1.54) is 5.69 Å². The highest BCUT2D eigenvalue weighted by atomic mass is 16.5. The van der Waals surface area contributed by atoms with E-state index in [9.17, 15) is 0 Å². The molecule has 104 valence electrons. The molecule has 1 N–H and O–H groups in total. The zero-order valence-corrected chi connectivity index (χ0v) is 11.2. The van der Waals surface area contributed by atoms with Gasteiger partial charge in [0.15, 0.2) is 0 Å². The zero-order valence-electron chi connectivity index (χ0n) is 11.2. The summed E-state index contributed by atoms with van der Waals surface area (Å²) >= 11 is 0. The van der Waals surface area contributed by atoms with Gasteiger partial charge in [-0.1, -0.05) is 0 Å². The predicted molar refractivity (Wildman–Crippen MR) is 71.1 cm³/mol. The fourth-order valence-corrected chi connectivity index (χ4v) is 2.71. The number of ether oxygens (including phenoxy) is 2.